The lowest BCUT2D eigenvalue weighted by atomic mass is 9.82. The molecule has 398 valence electrons. The smallest absolute Gasteiger partial charge is 0.407 e. The number of β-amino-alcohol motifs (C(OH)–C–C–N with tert-alkyl or cyclic N) is 1. The molecule has 4 heterocycles. The number of aliphatic hydroxyl groups excluding tert-OH is 3. The summed E-state index contributed by atoms with van der Waals surface area (Å²) < 4.78 is 49.7. The van der Waals surface area contributed by atoms with Gasteiger partial charge >= 0.3 is 18.0 Å². The van der Waals surface area contributed by atoms with Gasteiger partial charge in [0.05, 0.1) is 48.5 Å². The fraction of sp³-hybridized carbons (Fsp3) is 0.712. The molecule has 16 atom stereocenters. The molecular weight excluding hydrogens is 921 g/mol. The maximum atomic E-state index is 13.8. The number of nitrogens with zero attached hydrogens (tertiary/aromatic N) is 3. The highest BCUT2D eigenvalue weighted by Gasteiger charge is 2.54. The van der Waals surface area contributed by atoms with Gasteiger partial charge in [0.25, 0.3) is 0 Å². The van der Waals surface area contributed by atoms with Gasteiger partial charge in [-0.1, -0.05) is 44.2 Å². The molecule has 3 fully saturated rings. The first-order valence-electron chi connectivity index (χ1n) is 25.2. The molecule has 0 spiro atoms. The van der Waals surface area contributed by atoms with E-state index in [0.29, 0.717) is 38.9 Å². The monoisotopic (exact) mass is 1000 g/mol. The van der Waals surface area contributed by atoms with Crippen molar-refractivity contribution in [3.63, 3.8) is 0 Å². The lowest BCUT2D eigenvalue weighted by molar-refractivity contribution is -0.344. The number of fused-ring (bicyclic) bond motifs is 1. The van der Waals surface area contributed by atoms with E-state index in [1.54, 1.807) is 59.8 Å². The maximum Gasteiger partial charge on any atom is 0.407 e. The molecule has 0 radical (unpaired) electrons. The fourth-order valence-corrected chi connectivity index (χ4v) is 10.1. The number of likely N-dealkylation sites (N-methyl/N-ethyl adjacent to an activating group) is 2. The summed E-state index contributed by atoms with van der Waals surface area (Å²) >= 11 is 0. The summed E-state index contributed by atoms with van der Waals surface area (Å²) in [5.41, 5.74) is 0.427. The first-order chi connectivity index (χ1) is 33.8. The number of aldehydes is 1. The zero-order chi connectivity index (χ0) is 52.0. The van der Waals surface area contributed by atoms with E-state index in [1.165, 1.54) is 7.11 Å². The Labute approximate surface area is 418 Å². The molecule has 19 nitrogen and oxygen atoms in total. The Morgan fingerprint density at radius 2 is 1.76 bits per heavy atom. The Balaban J connectivity index is 1.38. The number of cyclic esters (lactones) is 1. The van der Waals surface area contributed by atoms with Gasteiger partial charge in [0.1, 0.15) is 30.7 Å². The summed E-state index contributed by atoms with van der Waals surface area (Å²) in [4.78, 5) is 59.9. The number of nitrogens with one attached hydrogen (secondary N) is 1. The van der Waals surface area contributed by atoms with E-state index >= 15 is 0 Å². The van der Waals surface area contributed by atoms with Crippen molar-refractivity contribution in [1.82, 2.24) is 20.1 Å². The minimum absolute atomic E-state index is 0.0296. The summed E-state index contributed by atoms with van der Waals surface area (Å²) in [6.45, 7) is 11.6. The van der Waals surface area contributed by atoms with E-state index < -0.39 is 116 Å². The number of methoxy groups -OCH3 is 1. The molecule has 0 bridgehead atoms. The summed E-state index contributed by atoms with van der Waals surface area (Å²) in [5, 5.41) is 39.3. The number of aromatic nitrogens is 1. The molecule has 3 saturated heterocycles. The van der Waals surface area contributed by atoms with Crippen molar-refractivity contribution >= 4 is 41.3 Å². The van der Waals surface area contributed by atoms with E-state index in [0.717, 1.165) is 22.8 Å². The van der Waals surface area contributed by atoms with Gasteiger partial charge in [-0.15, -0.1) is 0 Å². The molecule has 0 aliphatic carbocycles. The molecule has 3 aliphatic rings. The van der Waals surface area contributed by atoms with E-state index in [-0.39, 0.29) is 31.6 Å². The number of para-hydroxylation sites is 1. The van der Waals surface area contributed by atoms with Gasteiger partial charge in [-0.3, -0.25) is 14.6 Å². The zero-order valence-electron chi connectivity index (χ0n) is 43.2. The lowest BCUT2D eigenvalue weighted by Gasteiger charge is -2.50. The van der Waals surface area contributed by atoms with Crippen molar-refractivity contribution in [2.75, 3.05) is 47.9 Å². The summed E-state index contributed by atoms with van der Waals surface area (Å²) in [6, 6.07) is 9.06. The summed E-state index contributed by atoms with van der Waals surface area (Å²) in [7, 11) is 6.79. The third-order valence-corrected chi connectivity index (χ3v) is 13.9. The number of amides is 1. The van der Waals surface area contributed by atoms with Crippen molar-refractivity contribution in [3.05, 3.63) is 48.2 Å². The average Bonchev–Trinajstić information content (AvgIpc) is 3.30. The predicted octanol–water partition coefficient (Wildman–Crippen LogP) is 4.40. The maximum absolute atomic E-state index is 13.8. The van der Waals surface area contributed by atoms with Gasteiger partial charge in [0.2, 0.25) is 0 Å². The van der Waals surface area contributed by atoms with Crippen LogP contribution in [0.25, 0.3) is 17.0 Å². The Bertz CT molecular complexity index is 2040. The van der Waals surface area contributed by atoms with Crippen molar-refractivity contribution in [1.29, 1.82) is 0 Å². The first-order valence-corrected chi connectivity index (χ1v) is 25.2. The third kappa shape index (κ3) is 15.9. The number of esters is 2. The van der Waals surface area contributed by atoms with Crippen molar-refractivity contribution in [2.45, 2.75) is 178 Å². The number of carbonyl (C=O) groups is 4. The largest absolute Gasteiger partial charge is 0.462 e. The van der Waals surface area contributed by atoms with Gasteiger partial charge in [-0.05, 0) is 104 Å². The van der Waals surface area contributed by atoms with Crippen LogP contribution in [0, 0.1) is 11.8 Å². The van der Waals surface area contributed by atoms with Gasteiger partial charge in [-0.25, -0.2) is 4.79 Å². The molecule has 3 aliphatic heterocycles. The van der Waals surface area contributed by atoms with E-state index in [9.17, 15) is 34.5 Å². The van der Waals surface area contributed by atoms with Gasteiger partial charge in [0.15, 0.2) is 24.3 Å². The summed E-state index contributed by atoms with van der Waals surface area (Å²) in [6.07, 6.45) is -5.41. The first kappa shape index (κ1) is 57.7. The van der Waals surface area contributed by atoms with Crippen LogP contribution in [-0.4, -0.2) is 188 Å². The molecule has 1 aromatic carbocycles. The van der Waals surface area contributed by atoms with E-state index in [1.807, 2.05) is 61.4 Å². The van der Waals surface area contributed by atoms with Gasteiger partial charge in [-0.2, -0.15) is 0 Å². The van der Waals surface area contributed by atoms with Crippen LogP contribution in [-0.2, 0) is 52.3 Å². The molecule has 4 N–H and O–H groups in total. The lowest BCUT2D eigenvalue weighted by Crippen LogP contribution is -2.66. The number of alkyl carbamates (subject to hydrolysis) is 1. The fourth-order valence-electron chi connectivity index (χ4n) is 10.1. The van der Waals surface area contributed by atoms with Crippen LogP contribution in [0.3, 0.4) is 0 Å². The van der Waals surface area contributed by atoms with E-state index in [4.69, 9.17) is 37.9 Å². The highest BCUT2D eigenvalue weighted by molar-refractivity contribution is 5.80. The number of carbonyl (C=O) groups excluding carboxylic acids is 4. The van der Waals surface area contributed by atoms with Crippen LogP contribution in [0.1, 0.15) is 98.5 Å². The molecule has 71 heavy (non-hydrogen) atoms. The number of benzene rings is 1. The molecule has 1 amide bonds. The topological polar surface area (TPSA) is 234 Å². The molecule has 19 heteroatoms. The van der Waals surface area contributed by atoms with Crippen LogP contribution < -0.4 is 5.32 Å². The zero-order valence-corrected chi connectivity index (χ0v) is 43.2. The highest BCUT2D eigenvalue weighted by atomic mass is 16.7. The van der Waals surface area contributed by atoms with Crippen LogP contribution in [0.2, 0.25) is 0 Å². The van der Waals surface area contributed by atoms with Crippen molar-refractivity contribution in [3.8, 4) is 0 Å². The van der Waals surface area contributed by atoms with Crippen LogP contribution in [0.5, 0.6) is 0 Å². The SMILES string of the molecule is CCNC(=O)O[C@H]1[C@H](C)O[C@@H](O[C@H]2[C@H](N(C)C)[C@@H](O)[C@H](O[C@H]3[C@@H](CC=O)C[C@@H](C)[C@@H](O)CN(C)CCC[C@H](C/C=C/c4cnc5ccccc5c4)OC(=O)C[C@@H](O)[C@@H]3OC)O[C@@H]2C)C[C@@]1(C)OC(=O)CC. The molecule has 1 aromatic heterocycles. The van der Waals surface area contributed by atoms with E-state index in [2.05, 4.69) is 10.3 Å². The standard InChI is InChI=1S/C52H80N4O15/c1-11-41(60)71-52(6)28-43(65-33(5)49(52)70-51(63)53-12-2)68-46-32(4)66-50(45(62)44(46)55(7)8)69-47-36(22-24-57)25-31(3)40(59)30-56(9)23-16-20-37(67-42(61)27-39(58)48(47)64-10)19-15-17-34-26-35-18-13-14-21-38(35)54-29-34/h13-15,17-18,21,24,26,29,31-33,36-37,39-40,43-50,58-59,62H,11-12,16,19-20,22-23,25,27-28,30H2,1-10H3,(H,53,63)/b17-15+/t31-,32-,33+,36+,37+,39-,40+,43+,44-,45-,46-,47+,48+,49+,50+,52-/m1/s1. The van der Waals surface area contributed by atoms with Gasteiger partial charge in [0, 0.05) is 57.5 Å². The minimum atomic E-state index is -1.49. The third-order valence-electron chi connectivity index (χ3n) is 13.9. The number of ether oxygens (including phenoxy) is 8. The Hall–Kier alpha value is -4.15. The number of rotatable bonds is 15. The van der Waals surface area contributed by atoms with Crippen molar-refractivity contribution < 1.29 is 72.4 Å². The quantitative estimate of drug-likeness (QED) is 0.110. The normalized spacial score (nSPS) is 35.2. The van der Waals surface area contributed by atoms with Crippen molar-refractivity contribution in [2.24, 2.45) is 11.8 Å². The number of hydrogen-bond acceptors (Lipinski definition) is 18. The van der Waals surface area contributed by atoms with Crippen LogP contribution in [0.4, 0.5) is 4.79 Å². The predicted molar refractivity (Wildman–Crippen MR) is 263 cm³/mol. The number of hydrogen-bond donors (Lipinski definition) is 4. The van der Waals surface area contributed by atoms with Gasteiger partial charge < -0.3 is 73.1 Å². The van der Waals surface area contributed by atoms with Crippen LogP contribution in [0.15, 0.2) is 42.6 Å². The van der Waals surface area contributed by atoms with Crippen LogP contribution >= 0.6 is 0 Å². The molecule has 0 saturated carbocycles. The second kappa shape index (κ2) is 27.2. The Morgan fingerprint density at radius 3 is 2.45 bits per heavy atom. The highest BCUT2D eigenvalue weighted by Crippen LogP contribution is 2.39. The molecule has 5 rings (SSSR count). The number of pyridine rings is 1. The molecular formula is C52H80N4O15. The minimum Gasteiger partial charge on any atom is -0.462 e. The molecule has 0 unspecified atom stereocenters. The number of aliphatic hydroxyl groups is 3. The second-order valence-electron chi connectivity index (χ2n) is 19.9. The Morgan fingerprint density at radius 1 is 1.01 bits per heavy atom. The average molecular weight is 1000 g/mol. The second-order valence-corrected chi connectivity index (χ2v) is 19.9. The molecule has 2 aromatic rings. The summed E-state index contributed by atoms with van der Waals surface area (Å²) in [5.74, 6) is -2.22. The Kier molecular flexibility index (Phi) is 22.1.